The van der Waals surface area contributed by atoms with E-state index in [2.05, 4.69) is 48.3 Å². The Morgan fingerprint density at radius 3 is 2.47 bits per heavy atom. The van der Waals surface area contributed by atoms with Crippen LogP contribution in [0.25, 0.3) is 0 Å². The van der Waals surface area contributed by atoms with Crippen LogP contribution < -0.4 is 21.9 Å². The van der Waals surface area contributed by atoms with Gasteiger partial charge in [0.05, 0.1) is 6.33 Å². The molecule has 2 heterocycles. The van der Waals surface area contributed by atoms with Gasteiger partial charge in [0.15, 0.2) is 5.82 Å². The Bertz CT molecular complexity index is 504. The van der Waals surface area contributed by atoms with Gasteiger partial charge in [0, 0.05) is 17.1 Å². The molecule has 5 N–H and O–H groups in total. The van der Waals surface area contributed by atoms with Gasteiger partial charge in [0.25, 0.3) is 5.56 Å². The van der Waals surface area contributed by atoms with Gasteiger partial charge in [0.2, 0.25) is 0 Å². The minimum atomic E-state index is -0.301. The molecule has 1 saturated heterocycles. The summed E-state index contributed by atoms with van der Waals surface area (Å²) in [5, 5.41) is 6.92. The first-order valence-electron chi connectivity index (χ1n) is 6.58. The van der Waals surface area contributed by atoms with Gasteiger partial charge in [-0.15, -0.1) is 0 Å². The molecule has 0 radical (unpaired) electrons. The number of rotatable bonds is 2. The van der Waals surface area contributed by atoms with Crippen molar-refractivity contribution in [1.29, 1.82) is 0 Å². The van der Waals surface area contributed by atoms with E-state index in [0.29, 0.717) is 5.82 Å². The first-order chi connectivity index (χ1) is 8.69. The lowest BCUT2D eigenvalue weighted by Crippen LogP contribution is -2.60. The quantitative estimate of drug-likeness (QED) is 0.641. The highest BCUT2D eigenvalue weighted by Gasteiger charge is 2.37. The van der Waals surface area contributed by atoms with Crippen LogP contribution in [0, 0.1) is 0 Å². The smallest absolute Gasteiger partial charge is 0.276 e. The number of anilines is 2. The number of hydrogen-bond donors (Lipinski definition) is 4. The zero-order valence-electron chi connectivity index (χ0n) is 12.0. The summed E-state index contributed by atoms with van der Waals surface area (Å²) >= 11 is 0. The van der Waals surface area contributed by atoms with Crippen LogP contribution in [0.2, 0.25) is 0 Å². The van der Waals surface area contributed by atoms with Gasteiger partial charge in [0.1, 0.15) is 5.69 Å². The molecule has 0 spiro atoms. The minimum absolute atomic E-state index is 0.0371. The van der Waals surface area contributed by atoms with Crippen molar-refractivity contribution in [3.63, 3.8) is 0 Å². The highest BCUT2D eigenvalue weighted by Crippen LogP contribution is 2.30. The van der Waals surface area contributed by atoms with Gasteiger partial charge < -0.3 is 21.4 Å². The highest BCUT2D eigenvalue weighted by atomic mass is 16.1. The van der Waals surface area contributed by atoms with Crippen LogP contribution in [-0.4, -0.2) is 27.1 Å². The van der Waals surface area contributed by atoms with Crippen molar-refractivity contribution in [3.05, 3.63) is 16.7 Å². The third-order valence-electron chi connectivity index (χ3n) is 3.42. The minimum Gasteiger partial charge on any atom is -0.391 e. The first-order valence-corrected chi connectivity index (χ1v) is 6.58. The Kier molecular flexibility index (Phi) is 3.30. The summed E-state index contributed by atoms with van der Waals surface area (Å²) in [6, 6.07) is 0.239. The summed E-state index contributed by atoms with van der Waals surface area (Å²) in [5.74, 6) is 0.474. The summed E-state index contributed by atoms with van der Waals surface area (Å²) in [6.45, 7) is 8.71. The number of aromatic amines is 1. The molecule has 0 aromatic carbocycles. The number of nitrogen functional groups attached to an aromatic ring is 1. The van der Waals surface area contributed by atoms with Crippen LogP contribution in [0.5, 0.6) is 0 Å². The molecule has 0 aliphatic carbocycles. The van der Waals surface area contributed by atoms with E-state index < -0.39 is 0 Å². The Morgan fingerprint density at radius 1 is 1.32 bits per heavy atom. The van der Waals surface area contributed by atoms with Crippen molar-refractivity contribution in [2.24, 2.45) is 0 Å². The normalized spacial score (nSPS) is 22.1. The predicted molar refractivity (Wildman–Crippen MR) is 77.2 cm³/mol. The molecule has 106 valence electrons. The Morgan fingerprint density at radius 2 is 1.89 bits per heavy atom. The lowest BCUT2D eigenvalue weighted by molar-refractivity contribution is 0.170. The van der Waals surface area contributed by atoms with Crippen molar-refractivity contribution < 1.29 is 0 Å². The molecule has 0 atom stereocenters. The molecule has 2 rings (SSSR count). The van der Waals surface area contributed by atoms with E-state index in [1.54, 1.807) is 0 Å². The van der Waals surface area contributed by atoms with E-state index in [-0.39, 0.29) is 28.4 Å². The highest BCUT2D eigenvalue weighted by molar-refractivity contribution is 5.59. The number of piperidine rings is 1. The molecule has 0 bridgehead atoms. The van der Waals surface area contributed by atoms with Gasteiger partial charge in [-0.1, -0.05) is 0 Å². The summed E-state index contributed by atoms with van der Waals surface area (Å²) in [4.78, 5) is 18.0. The second-order valence-corrected chi connectivity index (χ2v) is 6.64. The van der Waals surface area contributed by atoms with Crippen LogP contribution >= 0.6 is 0 Å². The molecular formula is C13H23N5O. The van der Waals surface area contributed by atoms with Crippen molar-refractivity contribution in [2.45, 2.75) is 57.7 Å². The van der Waals surface area contributed by atoms with Crippen LogP contribution in [0.15, 0.2) is 11.1 Å². The third-order valence-corrected chi connectivity index (χ3v) is 3.42. The molecule has 1 aliphatic heterocycles. The standard InChI is InChI=1S/C13H23N5O/c1-12(2)5-8(6-13(3,4)18-12)17-10-9(14)11(19)16-7-15-10/h7-8,18H,5-6,14H2,1-4H3,(H2,15,16,17,19). The Balaban J connectivity index is 2.19. The van der Waals surface area contributed by atoms with Crippen molar-refractivity contribution in [2.75, 3.05) is 11.1 Å². The number of hydrogen-bond acceptors (Lipinski definition) is 5. The van der Waals surface area contributed by atoms with Crippen molar-refractivity contribution in [1.82, 2.24) is 15.3 Å². The second-order valence-electron chi connectivity index (χ2n) is 6.64. The molecule has 1 fully saturated rings. The lowest BCUT2D eigenvalue weighted by Gasteiger charge is -2.46. The van der Waals surface area contributed by atoms with E-state index in [1.807, 2.05) is 0 Å². The van der Waals surface area contributed by atoms with E-state index in [1.165, 1.54) is 6.33 Å². The number of H-pyrrole nitrogens is 1. The average Bonchev–Trinajstić information content (AvgIpc) is 2.20. The van der Waals surface area contributed by atoms with E-state index in [9.17, 15) is 4.79 Å². The van der Waals surface area contributed by atoms with Crippen LogP contribution in [0.3, 0.4) is 0 Å². The first kappa shape index (κ1) is 13.9. The topological polar surface area (TPSA) is 95.8 Å². The molecule has 6 nitrogen and oxygen atoms in total. The van der Waals surface area contributed by atoms with Gasteiger partial charge in [-0.05, 0) is 40.5 Å². The summed E-state index contributed by atoms with van der Waals surface area (Å²) in [5.41, 5.74) is 5.67. The predicted octanol–water partition coefficient (Wildman–Crippen LogP) is 1.07. The molecular weight excluding hydrogens is 242 g/mol. The summed E-state index contributed by atoms with van der Waals surface area (Å²) in [6.07, 6.45) is 3.27. The molecule has 0 unspecified atom stereocenters. The fourth-order valence-electron chi connectivity index (χ4n) is 3.14. The molecule has 19 heavy (non-hydrogen) atoms. The maximum Gasteiger partial charge on any atom is 0.276 e. The molecule has 1 aliphatic rings. The zero-order valence-corrected chi connectivity index (χ0v) is 12.0. The maximum absolute atomic E-state index is 11.5. The molecule has 0 amide bonds. The molecule has 1 aromatic heterocycles. The molecule has 1 aromatic rings. The summed E-state index contributed by atoms with van der Waals surface area (Å²) < 4.78 is 0. The van der Waals surface area contributed by atoms with E-state index in [4.69, 9.17) is 5.73 Å². The van der Waals surface area contributed by atoms with Gasteiger partial charge in [-0.25, -0.2) is 4.98 Å². The SMILES string of the molecule is CC1(C)CC(Nc2nc[nH]c(=O)c2N)CC(C)(C)N1. The van der Waals surface area contributed by atoms with Gasteiger partial charge in [-0.2, -0.15) is 0 Å². The Labute approximate surface area is 113 Å². The fraction of sp³-hybridized carbons (Fsp3) is 0.692. The van der Waals surface area contributed by atoms with Gasteiger partial charge in [-0.3, -0.25) is 4.79 Å². The van der Waals surface area contributed by atoms with Crippen molar-refractivity contribution in [3.8, 4) is 0 Å². The monoisotopic (exact) mass is 265 g/mol. The Hall–Kier alpha value is -1.56. The largest absolute Gasteiger partial charge is 0.391 e. The summed E-state index contributed by atoms with van der Waals surface area (Å²) in [7, 11) is 0. The number of nitrogens with one attached hydrogen (secondary N) is 3. The third kappa shape index (κ3) is 3.26. The maximum atomic E-state index is 11.5. The zero-order chi connectivity index (χ0) is 14.3. The number of aromatic nitrogens is 2. The fourth-order valence-corrected chi connectivity index (χ4v) is 3.14. The van der Waals surface area contributed by atoms with Crippen molar-refractivity contribution >= 4 is 11.5 Å². The molecule has 6 heteroatoms. The van der Waals surface area contributed by atoms with Crippen LogP contribution in [-0.2, 0) is 0 Å². The number of nitrogens with zero attached hydrogens (tertiary/aromatic N) is 1. The van der Waals surface area contributed by atoms with Crippen LogP contribution in [0.1, 0.15) is 40.5 Å². The lowest BCUT2D eigenvalue weighted by atomic mass is 9.79. The van der Waals surface area contributed by atoms with E-state index >= 15 is 0 Å². The average molecular weight is 265 g/mol. The van der Waals surface area contributed by atoms with Crippen LogP contribution in [0.4, 0.5) is 11.5 Å². The molecule has 0 saturated carbocycles. The van der Waals surface area contributed by atoms with Gasteiger partial charge >= 0.3 is 0 Å². The second kappa shape index (κ2) is 4.52. The van der Waals surface area contributed by atoms with E-state index in [0.717, 1.165) is 12.8 Å². The number of nitrogens with two attached hydrogens (primary N) is 1.